The van der Waals surface area contributed by atoms with Crippen LogP contribution in [0.4, 0.5) is 11.6 Å². The molecule has 19 heavy (non-hydrogen) atoms. The third-order valence-corrected chi connectivity index (χ3v) is 2.92. The van der Waals surface area contributed by atoms with Gasteiger partial charge in [-0.25, -0.2) is 9.97 Å². The van der Waals surface area contributed by atoms with Gasteiger partial charge in [0.15, 0.2) is 0 Å². The Bertz CT molecular complexity index is 393. The van der Waals surface area contributed by atoms with Crippen molar-refractivity contribution in [2.75, 3.05) is 43.5 Å². The zero-order chi connectivity index (χ0) is 13.5. The van der Waals surface area contributed by atoms with Crippen molar-refractivity contribution in [2.24, 2.45) is 0 Å². The number of hydrogen-bond donors (Lipinski definition) is 3. The lowest BCUT2D eigenvalue weighted by Crippen LogP contribution is -2.45. The summed E-state index contributed by atoms with van der Waals surface area (Å²) in [6.07, 6.45) is 1.08. The SMILES string of the molecule is CCCNc1cc(NCC2COCCN2)nc(C)n1. The largest absolute Gasteiger partial charge is 0.378 e. The smallest absolute Gasteiger partial charge is 0.131 e. The lowest BCUT2D eigenvalue weighted by Gasteiger charge is -2.24. The average Bonchev–Trinajstić information content (AvgIpc) is 2.43. The van der Waals surface area contributed by atoms with Crippen molar-refractivity contribution in [3.05, 3.63) is 11.9 Å². The van der Waals surface area contributed by atoms with Gasteiger partial charge in [-0.3, -0.25) is 0 Å². The van der Waals surface area contributed by atoms with E-state index < -0.39 is 0 Å². The summed E-state index contributed by atoms with van der Waals surface area (Å²) in [6.45, 7) is 8.24. The summed E-state index contributed by atoms with van der Waals surface area (Å²) >= 11 is 0. The van der Waals surface area contributed by atoms with E-state index in [0.29, 0.717) is 6.04 Å². The van der Waals surface area contributed by atoms with Crippen LogP contribution in [-0.2, 0) is 4.74 Å². The fourth-order valence-electron chi connectivity index (χ4n) is 1.98. The van der Waals surface area contributed by atoms with E-state index >= 15 is 0 Å². The molecule has 0 amide bonds. The summed E-state index contributed by atoms with van der Waals surface area (Å²) < 4.78 is 5.42. The van der Waals surface area contributed by atoms with E-state index in [0.717, 1.165) is 56.7 Å². The molecule has 1 fully saturated rings. The molecule has 1 aromatic heterocycles. The van der Waals surface area contributed by atoms with Crippen LogP contribution in [0.5, 0.6) is 0 Å². The maximum Gasteiger partial charge on any atom is 0.131 e. The molecule has 0 spiro atoms. The van der Waals surface area contributed by atoms with Crippen molar-refractivity contribution in [1.82, 2.24) is 15.3 Å². The molecule has 0 radical (unpaired) electrons. The van der Waals surface area contributed by atoms with Gasteiger partial charge < -0.3 is 20.7 Å². The van der Waals surface area contributed by atoms with Crippen LogP contribution >= 0.6 is 0 Å². The number of nitrogens with one attached hydrogen (secondary N) is 3. The van der Waals surface area contributed by atoms with Crippen LogP contribution in [0.2, 0.25) is 0 Å². The molecule has 1 atom stereocenters. The molecule has 1 aromatic rings. The monoisotopic (exact) mass is 265 g/mol. The Labute approximate surface area is 114 Å². The van der Waals surface area contributed by atoms with Gasteiger partial charge in [-0.1, -0.05) is 6.92 Å². The second-order valence-electron chi connectivity index (χ2n) is 4.72. The van der Waals surface area contributed by atoms with Crippen molar-refractivity contribution in [3.63, 3.8) is 0 Å². The van der Waals surface area contributed by atoms with Gasteiger partial charge in [-0.2, -0.15) is 0 Å². The third-order valence-electron chi connectivity index (χ3n) is 2.92. The minimum absolute atomic E-state index is 0.344. The highest BCUT2D eigenvalue weighted by molar-refractivity contribution is 5.47. The number of anilines is 2. The molecule has 1 unspecified atom stereocenters. The Morgan fingerprint density at radius 1 is 1.37 bits per heavy atom. The summed E-state index contributed by atoms with van der Waals surface area (Å²) in [6, 6.07) is 2.29. The predicted molar refractivity (Wildman–Crippen MR) is 76.6 cm³/mol. The second-order valence-corrected chi connectivity index (χ2v) is 4.72. The van der Waals surface area contributed by atoms with E-state index in [4.69, 9.17) is 4.74 Å². The highest BCUT2D eigenvalue weighted by Gasteiger charge is 2.12. The van der Waals surface area contributed by atoms with Gasteiger partial charge in [0.1, 0.15) is 17.5 Å². The van der Waals surface area contributed by atoms with E-state index in [1.165, 1.54) is 0 Å². The quantitative estimate of drug-likeness (QED) is 0.713. The standard InChI is InChI=1S/C13H23N5O/c1-3-4-15-12-7-13(18-10(2)17-12)16-8-11-9-19-6-5-14-11/h7,11,14H,3-6,8-9H2,1-2H3,(H2,15,16,17,18). The summed E-state index contributed by atoms with van der Waals surface area (Å²) in [5.74, 6) is 2.51. The maximum absolute atomic E-state index is 5.42. The number of aromatic nitrogens is 2. The van der Waals surface area contributed by atoms with Crippen molar-refractivity contribution in [2.45, 2.75) is 26.3 Å². The Hall–Kier alpha value is -1.40. The Kier molecular flexibility index (Phi) is 5.35. The Morgan fingerprint density at radius 3 is 2.84 bits per heavy atom. The van der Waals surface area contributed by atoms with E-state index in [2.05, 4.69) is 32.8 Å². The van der Waals surface area contributed by atoms with E-state index in [-0.39, 0.29) is 0 Å². The minimum atomic E-state index is 0.344. The first kappa shape index (κ1) is 14.0. The van der Waals surface area contributed by atoms with Crippen LogP contribution in [0.3, 0.4) is 0 Å². The molecule has 3 N–H and O–H groups in total. The average molecular weight is 265 g/mol. The fraction of sp³-hybridized carbons (Fsp3) is 0.692. The topological polar surface area (TPSA) is 71.1 Å². The van der Waals surface area contributed by atoms with Gasteiger partial charge in [-0.15, -0.1) is 0 Å². The molecule has 0 aliphatic carbocycles. The third kappa shape index (κ3) is 4.65. The van der Waals surface area contributed by atoms with Crippen LogP contribution < -0.4 is 16.0 Å². The second kappa shape index (κ2) is 7.25. The molecular formula is C13H23N5O. The molecule has 106 valence electrons. The minimum Gasteiger partial charge on any atom is -0.378 e. The number of aryl methyl sites for hydroxylation is 1. The normalized spacial score (nSPS) is 19.2. The molecule has 2 heterocycles. The van der Waals surface area contributed by atoms with Crippen LogP contribution in [0.1, 0.15) is 19.2 Å². The number of morpholine rings is 1. The van der Waals surface area contributed by atoms with Gasteiger partial charge in [0.05, 0.1) is 13.2 Å². The Balaban J connectivity index is 1.89. The number of hydrogen-bond acceptors (Lipinski definition) is 6. The summed E-state index contributed by atoms with van der Waals surface area (Å²) in [5.41, 5.74) is 0. The summed E-state index contributed by atoms with van der Waals surface area (Å²) in [7, 11) is 0. The molecule has 6 nitrogen and oxygen atoms in total. The van der Waals surface area contributed by atoms with E-state index in [1.807, 2.05) is 13.0 Å². The lowest BCUT2D eigenvalue weighted by molar-refractivity contribution is 0.0806. The van der Waals surface area contributed by atoms with E-state index in [1.54, 1.807) is 0 Å². The molecule has 0 bridgehead atoms. The first-order chi connectivity index (χ1) is 9.28. The molecule has 2 rings (SSSR count). The number of rotatable bonds is 6. The first-order valence-corrected chi connectivity index (χ1v) is 6.92. The van der Waals surface area contributed by atoms with Crippen molar-refractivity contribution in [1.29, 1.82) is 0 Å². The first-order valence-electron chi connectivity index (χ1n) is 6.92. The predicted octanol–water partition coefficient (Wildman–Crippen LogP) is 1.01. The fourth-order valence-corrected chi connectivity index (χ4v) is 1.98. The lowest BCUT2D eigenvalue weighted by atomic mass is 10.3. The highest BCUT2D eigenvalue weighted by Crippen LogP contribution is 2.11. The Morgan fingerprint density at radius 2 is 2.16 bits per heavy atom. The molecule has 1 aliphatic rings. The van der Waals surface area contributed by atoms with Gasteiger partial charge >= 0.3 is 0 Å². The van der Waals surface area contributed by atoms with Crippen molar-refractivity contribution >= 4 is 11.6 Å². The van der Waals surface area contributed by atoms with Crippen molar-refractivity contribution in [3.8, 4) is 0 Å². The van der Waals surface area contributed by atoms with Gasteiger partial charge in [0.2, 0.25) is 0 Å². The van der Waals surface area contributed by atoms with Crippen molar-refractivity contribution < 1.29 is 4.74 Å². The number of ether oxygens (including phenoxy) is 1. The van der Waals surface area contributed by atoms with Crippen LogP contribution in [0, 0.1) is 6.92 Å². The molecule has 0 saturated carbocycles. The van der Waals surface area contributed by atoms with Gasteiger partial charge in [0, 0.05) is 31.7 Å². The molecule has 0 aromatic carbocycles. The van der Waals surface area contributed by atoms with Crippen LogP contribution in [0.25, 0.3) is 0 Å². The van der Waals surface area contributed by atoms with Crippen LogP contribution in [-0.4, -0.2) is 48.9 Å². The maximum atomic E-state index is 5.42. The molecule has 6 heteroatoms. The summed E-state index contributed by atoms with van der Waals surface area (Å²) in [4.78, 5) is 8.76. The summed E-state index contributed by atoms with van der Waals surface area (Å²) in [5, 5.41) is 10.0. The highest BCUT2D eigenvalue weighted by atomic mass is 16.5. The molecule has 1 saturated heterocycles. The van der Waals surface area contributed by atoms with Gasteiger partial charge in [-0.05, 0) is 13.3 Å². The zero-order valence-corrected chi connectivity index (χ0v) is 11.7. The van der Waals surface area contributed by atoms with Crippen LogP contribution in [0.15, 0.2) is 6.07 Å². The molecule has 1 aliphatic heterocycles. The number of nitrogens with zero attached hydrogens (tertiary/aromatic N) is 2. The zero-order valence-electron chi connectivity index (χ0n) is 11.7. The molecular weight excluding hydrogens is 242 g/mol. The van der Waals surface area contributed by atoms with Gasteiger partial charge in [0.25, 0.3) is 0 Å². The van der Waals surface area contributed by atoms with E-state index in [9.17, 15) is 0 Å².